The summed E-state index contributed by atoms with van der Waals surface area (Å²) in [6.45, 7) is 4.55. The number of carbonyl (C=O) groups is 2. The molecule has 6 nitrogen and oxygen atoms in total. The van der Waals surface area contributed by atoms with E-state index >= 15 is 0 Å². The molecule has 1 N–H and O–H groups in total. The molecule has 0 fully saturated rings. The summed E-state index contributed by atoms with van der Waals surface area (Å²) < 4.78 is 15.4. The van der Waals surface area contributed by atoms with Crippen LogP contribution in [-0.2, 0) is 9.47 Å². The molecule has 0 aromatic heterocycles. The molecule has 9 heteroatoms. The Hall–Kier alpha value is -1.71. The van der Waals surface area contributed by atoms with Crippen molar-refractivity contribution >= 4 is 57.7 Å². The molecule has 160 valence electrons. The van der Waals surface area contributed by atoms with Crippen molar-refractivity contribution < 1.29 is 28.9 Å². The van der Waals surface area contributed by atoms with E-state index in [1.54, 1.807) is 18.2 Å². The van der Waals surface area contributed by atoms with Crippen LogP contribution in [0.15, 0.2) is 36.4 Å². The number of phenolic OH excluding ortho intramolecular Hbond substituents is 1. The van der Waals surface area contributed by atoms with Gasteiger partial charge >= 0.3 is 11.9 Å². The smallest absolute Gasteiger partial charge is 0.339 e. The van der Waals surface area contributed by atoms with E-state index in [0.717, 1.165) is 0 Å². The Bertz CT molecular complexity index is 799. The Balaban J connectivity index is 0.000000481. The zero-order valence-electron chi connectivity index (χ0n) is 16.5. The molecule has 0 saturated heterocycles. The molecule has 0 radical (unpaired) electrons. The maximum Gasteiger partial charge on any atom is 0.339 e. The summed E-state index contributed by atoms with van der Waals surface area (Å²) >= 11 is 13.8. The van der Waals surface area contributed by atoms with E-state index in [0.29, 0.717) is 22.9 Å². The Labute approximate surface area is 194 Å². The Morgan fingerprint density at radius 3 is 1.76 bits per heavy atom. The predicted octanol–water partition coefficient (Wildman–Crippen LogP) is 5.80. The van der Waals surface area contributed by atoms with E-state index in [2.05, 4.69) is 39.0 Å². The average molecular weight is 557 g/mol. The lowest BCUT2D eigenvalue weighted by Crippen LogP contribution is -2.02. The summed E-state index contributed by atoms with van der Waals surface area (Å²) in [5, 5.41) is 9.47. The van der Waals surface area contributed by atoms with Gasteiger partial charge in [-0.25, -0.2) is 9.59 Å². The molecule has 2 aromatic carbocycles. The number of esters is 2. The fourth-order valence-electron chi connectivity index (χ4n) is 1.81. The van der Waals surface area contributed by atoms with Gasteiger partial charge in [-0.15, -0.1) is 0 Å². The zero-order chi connectivity index (χ0) is 22.4. The van der Waals surface area contributed by atoms with Crippen LogP contribution < -0.4 is 4.74 Å². The summed E-state index contributed by atoms with van der Waals surface area (Å²) in [6, 6.07) is 8.92. The minimum Gasteiger partial charge on any atom is -0.508 e. The molecule has 0 amide bonds. The fraction of sp³-hybridized carbons (Fsp3) is 0.300. The third kappa shape index (κ3) is 10.0. The molecule has 29 heavy (non-hydrogen) atoms. The molecule has 0 atom stereocenters. The highest BCUT2D eigenvalue weighted by Gasteiger charge is 2.11. The van der Waals surface area contributed by atoms with Gasteiger partial charge in [-0.05, 0) is 47.7 Å². The molecular formula is C20H23Cl2IO6. The topological polar surface area (TPSA) is 82.1 Å². The van der Waals surface area contributed by atoms with Crippen LogP contribution in [0.5, 0.6) is 11.5 Å². The van der Waals surface area contributed by atoms with Crippen LogP contribution in [0.2, 0.25) is 10.0 Å². The maximum atomic E-state index is 11.2. The van der Waals surface area contributed by atoms with E-state index in [4.69, 9.17) is 33.0 Å². The lowest BCUT2D eigenvalue weighted by atomic mass is 10.2. The third-order valence-corrected chi connectivity index (χ3v) is 3.64. The molecule has 0 bridgehead atoms. The number of halogens is 3. The van der Waals surface area contributed by atoms with Gasteiger partial charge in [0.05, 0.1) is 42.0 Å². The molecule has 0 saturated carbocycles. The lowest BCUT2D eigenvalue weighted by molar-refractivity contribution is 0.0592. The van der Waals surface area contributed by atoms with Crippen molar-refractivity contribution in [2.75, 3.05) is 25.3 Å². The van der Waals surface area contributed by atoms with Crippen molar-refractivity contribution in [2.24, 2.45) is 0 Å². The van der Waals surface area contributed by atoms with Gasteiger partial charge in [0.2, 0.25) is 0 Å². The summed E-state index contributed by atoms with van der Waals surface area (Å²) in [5.74, 6) is -0.296. The molecule has 2 aromatic rings. The summed E-state index contributed by atoms with van der Waals surface area (Å²) in [4.78, 5) is 22.1. The number of carbonyl (C=O) groups excluding carboxylic acids is 2. The normalized spacial score (nSPS) is 9.21. The first kappa shape index (κ1) is 27.3. The zero-order valence-corrected chi connectivity index (χ0v) is 20.2. The number of rotatable bonds is 4. The highest BCUT2D eigenvalue weighted by Crippen LogP contribution is 2.23. The number of aromatic hydroxyl groups is 1. The Morgan fingerprint density at radius 2 is 1.38 bits per heavy atom. The number of ether oxygens (including phenoxy) is 3. The second kappa shape index (κ2) is 15.2. The van der Waals surface area contributed by atoms with Gasteiger partial charge in [0.25, 0.3) is 0 Å². The minimum atomic E-state index is -0.514. The van der Waals surface area contributed by atoms with Gasteiger partial charge in [-0.1, -0.05) is 52.7 Å². The summed E-state index contributed by atoms with van der Waals surface area (Å²) in [6.07, 6.45) is 0. The predicted molar refractivity (Wildman–Crippen MR) is 123 cm³/mol. The van der Waals surface area contributed by atoms with Gasteiger partial charge in [0, 0.05) is 0 Å². The maximum absolute atomic E-state index is 11.2. The van der Waals surface area contributed by atoms with E-state index < -0.39 is 11.9 Å². The molecule has 0 aliphatic heterocycles. The first-order chi connectivity index (χ1) is 13.7. The molecule has 0 unspecified atom stereocenters. The first-order valence-corrected chi connectivity index (χ1v) is 10.7. The van der Waals surface area contributed by atoms with Crippen molar-refractivity contribution in [1.82, 2.24) is 0 Å². The first-order valence-electron chi connectivity index (χ1n) is 8.38. The van der Waals surface area contributed by atoms with Crippen molar-refractivity contribution in [2.45, 2.75) is 13.8 Å². The van der Waals surface area contributed by atoms with E-state index in [9.17, 15) is 9.59 Å². The van der Waals surface area contributed by atoms with E-state index in [1.165, 1.54) is 36.8 Å². The standard InChI is InChI=1S/C10H11ClO3.C8H7ClO3.C2H5I/c1-3-14-7-4-5-8(9(11)6-7)10(12)13-2;1-12-8(11)6-3-2-5(10)4-7(6)9;1-2-3/h4-6H,3H2,1-2H3;2-4,10H,1H3;2H2,1H3. The Morgan fingerprint density at radius 1 is 0.931 bits per heavy atom. The molecule has 2 rings (SSSR count). The largest absolute Gasteiger partial charge is 0.508 e. The molecule has 0 heterocycles. The van der Waals surface area contributed by atoms with Crippen LogP contribution in [0.3, 0.4) is 0 Å². The van der Waals surface area contributed by atoms with Gasteiger partial charge in [-0.3, -0.25) is 0 Å². The van der Waals surface area contributed by atoms with Crippen molar-refractivity contribution in [3.8, 4) is 11.5 Å². The number of methoxy groups -OCH3 is 2. The fourth-order valence-corrected chi connectivity index (χ4v) is 2.31. The molecular weight excluding hydrogens is 534 g/mol. The van der Waals surface area contributed by atoms with Gasteiger partial charge in [0.1, 0.15) is 11.5 Å². The molecule has 0 aliphatic rings. The van der Waals surface area contributed by atoms with Gasteiger partial charge in [-0.2, -0.15) is 0 Å². The summed E-state index contributed by atoms with van der Waals surface area (Å²) in [7, 11) is 2.58. The van der Waals surface area contributed by atoms with Crippen molar-refractivity contribution in [3.05, 3.63) is 57.6 Å². The van der Waals surface area contributed by atoms with Crippen LogP contribution in [-0.4, -0.2) is 42.3 Å². The van der Waals surface area contributed by atoms with Gasteiger partial charge in [0.15, 0.2) is 0 Å². The van der Waals surface area contributed by atoms with Crippen LogP contribution in [0.1, 0.15) is 34.6 Å². The van der Waals surface area contributed by atoms with E-state index in [-0.39, 0.29) is 16.3 Å². The van der Waals surface area contributed by atoms with E-state index in [1.807, 2.05) is 6.92 Å². The van der Waals surface area contributed by atoms with Crippen molar-refractivity contribution in [1.29, 1.82) is 0 Å². The number of hydrogen-bond donors (Lipinski definition) is 1. The number of alkyl halides is 1. The number of phenols is 1. The second-order valence-corrected chi connectivity index (χ2v) is 7.33. The van der Waals surface area contributed by atoms with Crippen LogP contribution in [0.4, 0.5) is 0 Å². The second-order valence-electron chi connectivity index (χ2n) is 4.99. The highest BCUT2D eigenvalue weighted by atomic mass is 127. The minimum absolute atomic E-state index is 0.0210. The summed E-state index contributed by atoms with van der Waals surface area (Å²) in [5.41, 5.74) is 0.592. The SMILES string of the molecule is CCI.CCOc1ccc(C(=O)OC)c(Cl)c1.COC(=O)c1ccc(O)cc1Cl. The molecule has 0 spiro atoms. The third-order valence-electron chi connectivity index (χ3n) is 3.01. The highest BCUT2D eigenvalue weighted by molar-refractivity contribution is 14.1. The molecule has 0 aliphatic carbocycles. The lowest BCUT2D eigenvalue weighted by Gasteiger charge is -2.05. The number of benzene rings is 2. The quantitative estimate of drug-likeness (QED) is 0.291. The average Bonchev–Trinajstić information content (AvgIpc) is 2.68. The van der Waals surface area contributed by atoms with Crippen LogP contribution >= 0.6 is 45.8 Å². The van der Waals surface area contributed by atoms with Gasteiger partial charge < -0.3 is 19.3 Å². The monoisotopic (exact) mass is 556 g/mol. The number of hydrogen-bond acceptors (Lipinski definition) is 6. The van der Waals surface area contributed by atoms with Crippen LogP contribution in [0.25, 0.3) is 0 Å². The Kier molecular flexibility index (Phi) is 14.3. The van der Waals surface area contributed by atoms with Crippen molar-refractivity contribution in [3.63, 3.8) is 0 Å². The van der Waals surface area contributed by atoms with Crippen LogP contribution in [0, 0.1) is 0 Å².